The van der Waals surface area contributed by atoms with Crippen LogP contribution in [-0.2, 0) is 23.8 Å². The fraction of sp³-hybridized carbons (Fsp3) is 0.511. The topological polar surface area (TPSA) is 530 Å². The van der Waals surface area contributed by atoms with E-state index in [0.29, 0.717) is 18.7 Å². The second-order valence-electron chi connectivity index (χ2n) is 17.1. The first-order valence-corrected chi connectivity index (χ1v) is 24.1. The Morgan fingerprint density at radius 2 is 1.06 bits per heavy atom. The number of nitrogen functional groups attached to an aromatic ring is 1. The van der Waals surface area contributed by atoms with E-state index in [4.69, 9.17) is 35.3 Å². The third-order valence-electron chi connectivity index (χ3n) is 11.3. The summed E-state index contributed by atoms with van der Waals surface area (Å²) >= 11 is 0. The molecule has 3 aliphatic heterocycles. The van der Waals surface area contributed by atoms with Crippen molar-refractivity contribution < 1.29 is 69.8 Å². The first-order valence-electron chi connectivity index (χ1n) is 24.1. The number of nitrogens with two attached hydrogens (primary N) is 1. The van der Waals surface area contributed by atoms with Crippen LogP contribution in [-0.4, -0.2) is 181 Å². The van der Waals surface area contributed by atoms with Gasteiger partial charge in [0.1, 0.15) is 72.4 Å². The molecule has 8 rings (SSSR count). The molecule has 0 saturated carbocycles. The summed E-state index contributed by atoms with van der Waals surface area (Å²) in [7, 11) is 0. The van der Waals surface area contributed by atoms with E-state index in [1.165, 1.54) is 43.0 Å². The van der Waals surface area contributed by atoms with Gasteiger partial charge in [-0.15, -0.1) is 0 Å². The van der Waals surface area contributed by atoms with Gasteiger partial charge < -0.3 is 81.5 Å². The maximum atomic E-state index is 12.0. The Morgan fingerprint density at radius 3 is 1.48 bits per heavy atom. The molecule has 3 saturated heterocycles. The highest BCUT2D eigenvalue weighted by Crippen LogP contribution is 2.30. The molecule has 2 amide bonds. The van der Waals surface area contributed by atoms with Crippen molar-refractivity contribution in [2.75, 3.05) is 36.2 Å². The number of aromatic nitrogens is 10. The van der Waals surface area contributed by atoms with Crippen molar-refractivity contribution in [1.82, 2.24) is 48.6 Å². The van der Waals surface area contributed by atoms with Gasteiger partial charge in [0.05, 0.1) is 19.8 Å². The molecule has 5 aromatic heterocycles. The van der Waals surface area contributed by atoms with Crippen LogP contribution in [0.2, 0.25) is 0 Å². The number of carbonyl (C=O) groups excluding carboxylic acids is 2. The van der Waals surface area contributed by atoms with Gasteiger partial charge in [0.25, 0.3) is 11.1 Å². The number of amides is 2. The molecule has 34 nitrogen and oxygen atoms in total. The fourth-order valence-electron chi connectivity index (χ4n) is 7.17. The largest absolute Gasteiger partial charge is 0.394 e. The third-order valence-corrected chi connectivity index (χ3v) is 11.3. The van der Waals surface area contributed by atoms with Crippen LogP contribution >= 0.6 is 0 Å². The summed E-state index contributed by atoms with van der Waals surface area (Å²) in [4.78, 5) is 119. The first-order chi connectivity index (χ1) is 37.6. The molecule has 5 aromatic rings. The molecule has 8 heterocycles. The summed E-state index contributed by atoms with van der Waals surface area (Å²) in [5.41, 5.74) is 1.24. The molecule has 0 aliphatic carbocycles. The van der Waals surface area contributed by atoms with Crippen LogP contribution in [0.3, 0.4) is 0 Å². The smallest absolute Gasteiger partial charge is 0.351 e. The van der Waals surface area contributed by atoms with Crippen LogP contribution in [0.25, 0.3) is 0 Å². The van der Waals surface area contributed by atoms with Gasteiger partial charge in [-0.25, -0.2) is 29.0 Å². The highest BCUT2D eigenvalue weighted by atomic mass is 16.6. The van der Waals surface area contributed by atoms with Gasteiger partial charge in [-0.05, 0) is 31.0 Å². The number of H-pyrrole nitrogens is 4. The minimum absolute atomic E-state index is 0.0537. The lowest BCUT2D eigenvalue weighted by atomic mass is 10.1. The first kappa shape index (κ1) is 63.8. The standard InChI is InChI=1S/C14H21N3O6.C9H13N3O5.C9H13N3O2.C9H12N2O6.C4H4N2O2/c1-2-3-4-10(19)15-9-5-6-17(14(22)16-9)13-12(21)11(20)8(7-18)23-13;10-5-1-2-12(9(16)11-5)8-7(15)6(14)4(3-13)17-8;1-2-3-4-8(13)11-7-5-6-10-9(14)12-7;12-3-4-6(14)7(15)8(17-4)11-2-1-5(13)10-9(11)16;7-3-1-2-5-4(8)6-3/h5-6,8,11-13,18,20-21H,2-4,7H2,1H3,(H,15,16,19,22);1-2,4,6-8,13-15H,3H2,(H2,10,11,16);5-6H,2-4H2,1H3,(H2,10,11,12,13,14);1-2,4,6-8,12,14-15H,3H2,(H,10,13,16);1-2H,(H2,5,6,7,8)/t8-,11?,12-,13-;4-,6?,7-,8-;;4-,6?,7-,8-;/m11.1./s1. The van der Waals surface area contributed by atoms with Crippen LogP contribution < -0.4 is 55.9 Å². The minimum Gasteiger partial charge on any atom is -0.394 e. The highest BCUT2D eigenvalue weighted by molar-refractivity contribution is 5.90. The third kappa shape index (κ3) is 18.4. The van der Waals surface area contributed by atoms with Gasteiger partial charge in [0.15, 0.2) is 18.7 Å². The molecular formula is C45H63N13O21. The van der Waals surface area contributed by atoms with Gasteiger partial charge in [-0.1, -0.05) is 26.7 Å². The van der Waals surface area contributed by atoms with Gasteiger partial charge in [-0.2, -0.15) is 9.97 Å². The Labute approximate surface area is 443 Å². The predicted octanol–water partition coefficient (Wildman–Crippen LogP) is -6.47. The van der Waals surface area contributed by atoms with Crippen LogP contribution in [0.4, 0.5) is 17.5 Å². The molecule has 3 unspecified atom stereocenters. The molecule has 34 heteroatoms. The molecule has 0 bridgehead atoms. The molecule has 0 spiro atoms. The van der Waals surface area contributed by atoms with E-state index in [-0.39, 0.29) is 29.0 Å². The summed E-state index contributed by atoms with van der Waals surface area (Å²) < 4.78 is 18.5. The Balaban J connectivity index is 0.000000219. The number of aliphatic hydroxyl groups excluding tert-OH is 9. The number of rotatable bonds is 14. The molecule has 17 N–H and O–H groups in total. The number of carbonyl (C=O) groups is 2. The second kappa shape index (κ2) is 31.0. The lowest BCUT2D eigenvalue weighted by Gasteiger charge is -2.17. The maximum Gasteiger partial charge on any atom is 0.351 e. The predicted molar refractivity (Wildman–Crippen MR) is 271 cm³/mol. The highest BCUT2D eigenvalue weighted by Gasteiger charge is 2.45. The minimum atomic E-state index is -1.36. The quantitative estimate of drug-likeness (QED) is 0.0492. The van der Waals surface area contributed by atoms with Crippen molar-refractivity contribution in [3.05, 3.63) is 134 Å². The van der Waals surface area contributed by atoms with Crippen LogP contribution in [0, 0.1) is 0 Å². The number of ether oxygens (including phenoxy) is 3. The van der Waals surface area contributed by atoms with Crippen LogP contribution in [0.15, 0.2) is 94.9 Å². The second-order valence-corrected chi connectivity index (χ2v) is 17.1. The van der Waals surface area contributed by atoms with E-state index >= 15 is 0 Å². The lowest BCUT2D eigenvalue weighted by molar-refractivity contribution is -0.117. The zero-order valence-electron chi connectivity index (χ0n) is 42.3. The number of hydrogen-bond acceptors (Lipinski definition) is 25. The van der Waals surface area contributed by atoms with Gasteiger partial charge in [-0.3, -0.25) is 47.8 Å². The van der Waals surface area contributed by atoms with Crippen molar-refractivity contribution >= 4 is 29.3 Å². The number of unbranched alkanes of at least 4 members (excludes halogenated alkanes) is 2. The van der Waals surface area contributed by atoms with E-state index in [1.807, 2.05) is 23.8 Å². The molecule has 3 aliphatic rings. The van der Waals surface area contributed by atoms with Gasteiger partial charge in [0, 0.05) is 56.0 Å². The van der Waals surface area contributed by atoms with Crippen molar-refractivity contribution in [2.45, 2.75) is 126 Å². The Morgan fingerprint density at radius 1 is 0.595 bits per heavy atom. The number of aliphatic hydroxyl groups is 9. The van der Waals surface area contributed by atoms with E-state index in [0.717, 1.165) is 51.6 Å². The SMILES string of the molecule is CCCCC(=O)Nc1ccn([C@@H]2O[C@H](CO)C(O)[C@H]2O)c(=O)n1.CCCCC(=O)Nc1ccnc(=O)[nH]1.Nc1ccn([C@@H]2O[C@H](CO)C(O)[C@H]2O)c(=O)n1.O=c1cc[nH]c(=O)[nH]1.O=c1ccn([C@@H]2O[C@H](CO)C(O)[C@H]2O)c(=O)[nH]1. The number of aromatic amines is 4. The molecule has 434 valence electrons. The van der Waals surface area contributed by atoms with Gasteiger partial charge >= 0.3 is 28.4 Å². The summed E-state index contributed by atoms with van der Waals surface area (Å²) in [6.07, 6.45) is -3.42. The summed E-state index contributed by atoms with van der Waals surface area (Å²) in [6.45, 7) is 2.57. The molecule has 79 heavy (non-hydrogen) atoms. The average molecular weight is 1120 g/mol. The number of nitrogens with one attached hydrogen (secondary N) is 6. The summed E-state index contributed by atoms with van der Waals surface area (Å²) in [5.74, 6) is 0.237. The number of hydrogen-bond donors (Lipinski definition) is 16. The normalized spacial score (nSPS) is 24.7. The average Bonchev–Trinajstić information content (AvgIpc) is 4.17. The van der Waals surface area contributed by atoms with Crippen molar-refractivity contribution in [1.29, 1.82) is 0 Å². The molecule has 12 atom stereocenters. The van der Waals surface area contributed by atoms with E-state index < -0.39 is 127 Å². The Kier molecular flexibility index (Phi) is 25.0. The van der Waals surface area contributed by atoms with Gasteiger partial charge in [0.2, 0.25) is 11.8 Å². The van der Waals surface area contributed by atoms with Crippen LogP contribution in [0.5, 0.6) is 0 Å². The zero-order chi connectivity index (χ0) is 58.5. The maximum absolute atomic E-state index is 12.0. The van der Waals surface area contributed by atoms with E-state index in [1.54, 1.807) is 6.07 Å². The Bertz CT molecular complexity index is 3140. The van der Waals surface area contributed by atoms with Crippen molar-refractivity contribution in [3.63, 3.8) is 0 Å². The van der Waals surface area contributed by atoms with Crippen molar-refractivity contribution in [2.24, 2.45) is 0 Å². The van der Waals surface area contributed by atoms with E-state index in [9.17, 15) is 73.8 Å². The lowest BCUT2D eigenvalue weighted by Crippen LogP contribution is -2.37. The van der Waals surface area contributed by atoms with Crippen LogP contribution in [0.1, 0.15) is 71.1 Å². The van der Waals surface area contributed by atoms with Crippen molar-refractivity contribution in [3.8, 4) is 0 Å². The number of anilines is 3. The molecular weight excluding hydrogens is 1060 g/mol. The monoisotopic (exact) mass is 1120 g/mol. The Hall–Kier alpha value is -7.74. The molecule has 3 fully saturated rings. The fourth-order valence-corrected chi connectivity index (χ4v) is 7.17. The number of nitrogens with zero attached hydrogens (tertiary/aromatic N) is 6. The summed E-state index contributed by atoms with van der Waals surface area (Å²) in [6, 6.07) is 6.65. The molecule has 0 radical (unpaired) electrons. The zero-order valence-corrected chi connectivity index (χ0v) is 42.3. The molecule has 0 aromatic carbocycles. The van der Waals surface area contributed by atoms with E-state index in [2.05, 4.69) is 35.6 Å². The summed E-state index contributed by atoms with van der Waals surface area (Å²) in [5, 5.41) is 90.0.